The van der Waals surface area contributed by atoms with Gasteiger partial charge in [0, 0.05) is 17.4 Å². The van der Waals surface area contributed by atoms with Crippen LogP contribution < -0.4 is 14.8 Å². The maximum atomic E-state index is 12.1. The molecule has 0 radical (unpaired) electrons. The highest BCUT2D eigenvalue weighted by Gasteiger charge is 2.14. The van der Waals surface area contributed by atoms with Crippen molar-refractivity contribution in [1.29, 1.82) is 0 Å². The number of anilines is 1. The molecule has 132 valence electrons. The van der Waals surface area contributed by atoms with E-state index in [4.69, 9.17) is 21.1 Å². The number of carbonyl (C=O) groups excluding carboxylic acids is 1. The summed E-state index contributed by atoms with van der Waals surface area (Å²) in [6, 6.07) is 13.1. The molecule has 1 aliphatic heterocycles. The van der Waals surface area contributed by atoms with Crippen LogP contribution in [0.15, 0.2) is 47.8 Å². The molecule has 2 heterocycles. The van der Waals surface area contributed by atoms with Gasteiger partial charge in [-0.2, -0.15) is 0 Å². The molecule has 2 aromatic carbocycles. The minimum atomic E-state index is -0.284. The first-order valence-electron chi connectivity index (χ1n) is 8.08. The van der Waals surface area contributed by atoms with Crippen molar-refractivity contribution in [1.82, 2.24) is 4.98 Å². The Kier molecular flexibility index (Phi) is 4.77. The number of rotatable bonds is 5. The van der Waals surface area contributed by atoms with Gasteiger partial charge in [-0.1, -0.05) is 23.7 Å². The summed E-state index contributed by atoms with van der Waals surface area (Å²) in [6.45, 7) is 0.595. The number of halogens is 1. The van der Waals surface area contributed by atoms with Gasteiger partial charge in [0.1, 0.15) is 11.5 Å². The number of carbonyl (C=O) groups is 1. The van der Waals surface area contributed by atoms with Crippen LogP contribution in [-0.2, 0) is 11.2 Å². The van der Waals surface area contributed by atoms with Gasteiger partial charge >= 0.3 is 0 Å². The van der Waals surface area contributed by atoms with E-state index >= 15 is 0 Å². The van der Waals surface area contributed by atoms with E-state index in [2.05, 4.69) is 16.4 Å². The predicted octanol–water partition coefficient (Wildman–Crippen LogP) is 4.42. The van der Waals surface area contributed by atoms with Gasteiger partial charge in [0.15, 0.2) is 11.7 Å². The molecule has 0 saturated heterocycles. The van der Waals surface area contributed by atoms with E-state index in [9.17, 15) is 4.79 Å². The zero-order chi connectivity index (χ0) is 17.9. The van der Waals surface area contributed by atoms with Crippen molar-refractivity contribution in [2.45, 2.75) is 6.42 Å². The van der Waals surface area contributed by atoms with Crippen molar-refractivity contribution < 1.29 is 14.3 Å². The number of thiazole rings is 1. The summed E-state index contributed by atoms with van der Waals surface area (Å²) >= 11 is 7.38. The van der Waals surface area contributed by atoms with Gasteiger partial charge in [-0.3, -0.25) is 10.1 Å². The third-order valence-electron chi connectivity index (χ3n) is 3.93. The Bertz CT molecular complexity index is 957. The average Bonchev–Trinajstić information content (AvgIpc) is 3.29. The van der Waals surface area contributed by atoms with E-state index in [-0.39, 0.29) is 12.5 Å². The summed E-state index contributed by atoms with van der Waals surface area (Å²) in [7, 11) is 0. The molecule has 0 aliphatic carbocycles. The highest BCUT2D eigenvalue weighted by Crippen LogP contribution is 2.32. The molecule has 26 heavy (non-hydrogen) atoms. The zero-order valence-electron chi connectivity index (χ0n) is 13.7. The molecular formula is C19H15ClN2O3S. The predicted molar refractivity (Wildman–Crippen MR) is 102 cm³/mol. The lowest BCUT2D eigenvalue weighted by Gasteiger charge is -2.07. The van der Waals surface area contributed by atoms with Crippen LogP contribution in [-0.4, -0.2) is 24.1 Å². The number of hydrogen-bond acceptors (Lipinski definition) is 5. The van der Waals surface area contributed by atoms with Crippen molar-refractivity contribution in [2.24, 2.45) is 0 Å². The summed E-state index contributed by atoms with van der Waals surface area (Å²) in [5, 5.41) is 5.67. The van der Waals surface area contributed by atoms with Crippen LogP contribution >= 0.6 is 22.9 Å². The molecule has 0 fully saturated rings. The highest BCUT2D eigenvalue weighted by atomic mass is 35.5. The number of amides is 1. The van der Waals surface area contributed by atoms with Gasteiger partial charge in [0.25, 0.3) is 5.91 Å². The fourth-order valence-corrected chi connectivity index (χ4v) is 3.60. The molecule has 1 N–H and O–H groups in total. The largest absolute Gasteiger partial charge is 0.493 e. The van der Waals surface area contributed by atoms with E-state index in [1.54, 1.807) is 24.3 Å². The molecule has 0 unspecified atom stereocenters. The summed E-state index contributed by atoms with van der Waals surface area (Å²) in [5.74, 6) is 1.13. The number of fused-ring (bicyclic) bond motifs is 1. The molecule has 5 nitrogen and oxygen atoms in total. The molecule has 1 aromatic heterocycles. The van der Waals surface area contributed by atoms with Crippen LogP contribution in [0.25, 0.3) is 11.3 Å². The number of nitrogens with zero attached hydrogens (tertiary/aromatic N) is 1. The van der Waals surface area contributed by atoms with Crippen molar-refractivity contribution in [3.8, 4) is 22.8 Å². The van der Waals surface area contributed by atoms with Crippen LogP contribution in [0, 0.1) is 0 Å². The number of hydrogen-bond donors (Lipinski definition) is 1. The second-order valence-electron chi connectivity index (χ2n) is 5.73. The summed E-state index contributed by atoms with van der Waals surface area (Å²) < 4.78 is 11.0. The monoisotopic (exact) mass is 386 g/mol. The second kappa shape index (κ2) is 7.35. The van der Waals surface area contributed by atoms with Crippen molar-refractivity contribution in [3.05, 3.63) is 58.4 Å². The third kappa shape index (κ3) is 3.66. The van der Waals surface area contributed by atoms with Crippen molar-refractivity contribution >= 4 is 34.0 Å². The van der Waals surface area contributed by atoms with Gasteiger partial charge in [-0.25, -0.2) is 4.98 Å². The third-order valence-corrected chi connectivity index (χ3v) is 5.00. The molecule has 4 rings (SSSR count). The molecule has 0 atom stereocenters. The molecule has 1 aliphatic rings. The Morgan fingerprint density at radius 3 is 3.08 bits per heavy atom. The van der Waals surface area contributed by atoms with Crippen LogP contribution in [0.2, 0.25) is 5.02 Å². The first kappa shape index (κ1) is 16.9. The molecule has 1 amide bonds. The number of aromatic nitrogens is 1. The van der Waals surface area contributed by atoms with E-state index in [1.807, 2.05) is 17.5 Å². The standard InChI is InChI=1S/C19H15ClN2O3S/c20-14-3-1-2-4-17(14)25-10-18(23)22-19-21-15(11-26-19)12-5-6-16-13(9-12)7-8-24-16/h1-6,9,11H,7-8,10H2,(H,21,22,23). The van der Waals surface area contributed by atoms with Crippen molar-refractivity contribution in [2.75, 3.05) is 18.5 Å². The van der Waals surface area contributed by atoms with Gasteiger partial charge in [-0.05, 0) is 35.9 Å². The van der Waals surface area contributed by atoms with Crippen LogP contribution in [0.4, 0.5) is 5.13 Å². The lowest BCUT2D eigenvalue weighted by molar-refractivity contribution is -0.118. The lowest BCUT2D eigenvalue weighted by Crippen LogP contribution is -2.20. The second-order valence-corrected chi connectivity index (χ2v) is 6.99. The number of ether oxygens (including phenoxy) is 2. The van der Waals surface area contributed by atoms with E-state index in [0.717, 1.165) is 30.0 Å². The number of para-hydroxylation sites is 1. The molecule has 0 bridgehead atoms. The maximum absolute atomic E-state index is 12.1. The van der Waals surface area contributed by atoms with Gasteiger partial charge in [-0.15, -0.1) is 11.3 Å². The van der Waals surface area contributed by atoms with E-state index in [0.29, 0.717) is 15.9 Å². The lowest BCUT2D eigenvalue weighted by atomic mass is 10.1. The fraction of sp³-hybridized carbons (Fsp3) is 0.158. The van der Waals surface area contributed by atoms with Gasteiger partial charge in [0.2, 0.25) is 0 Å². The first-order chi connectivity index (χ1) is 12.7. The molecular weight excluding hydrogens is 372 g/mol. The summed E-state index contributed by atoms with van der Waals surface area (Å²) in [6.07, 6.45) is 0.913. The molecule has 3 aromatic rings. The Hall–Kier alpha value is -2.57. The van der Waals surface area contributed by atoms with Crippen LogP contribution in [0.1, 0.15) is 5.56 Å². The Labute approximate surface area is 159 Å². The Morgan fingerprint density at radius 1 is 1.31 bits per heavy atom. The van der Waals surface area contributed by atoms with Gasteiger partial charge in [0.05, 0.1) is 17.3 Å². The average molecular weight is 387 g/mol. The SMILES string of the molecule is O=C(COc1ccccc1Cl)Nc1nc(-c2ccc3c(c2)CCO3)cs1. The maximum Gasteiger partial charge on any atom is 0.264 e. The molecule has 7 heteroatoms. The Morgan fingerprint density at radius 2 is 2.19 bits per heavy atom. The van der Waals surface area contributed by atoms with Crippen LogP contribution in [0.5, 0.6) is 11.5 Å². The normalized spacial score (nSPS) is 12.3. The highest BCUT2D eigenvalue weighted by molar-refractivity contribution is 7.14. The molecule has 0 saturated carbocycles. The van der Waals surface area contributed by atoms with Crippen LogP contribution in [0.3, 0.4) is 0 Å². The van der Waals surface area contributed by atoms with E-state index in [1.165, 1.54) is 16.9 Å². The zero-order valence-corrected chi connectivity index (χ0v) is 15.3. The Balaban J connectivity index is 1.39. The topological polar surface area (TPSA) is 60.5 Å². The number of nitrogens with one attached hydrogen (secondary N) is 1. The first-order valence-corrected chi connectivity index (χ1v) is 9.33. The summed E-state index contributed by atoms with van der Waals surface area (Å²) in [4.78, 5) is 16.5. The van der Waals surface area contributed by atoms with Crippen molar-refractivity contribution in [3.63, 3.8) is 0 Å². The fourth-order valence-electron chi connectivity index (χ4n) is 2.67. The summed E-state index contributed by atoms with van der Waals surface area (Å²) in [5.41, 5.74) is 3.03. The number of benzene rings is 2. The van der Waals surface area contributed by atoms with Gasteiger partial charge < -0.3 is 9.47 Å². The quantitative estimate of drug-likeness (QED) is 0.705. The minimum Gasteiger partial charge on any atom is -0.493 e. The minimum absolute atomic E-state index is 0.130. The molecule has 0 spiro atoms. The van der Waals surface area contributed by atoms with E-state index < -0.39 is 0 Å². The smallest absolute Gasteiger partial charge is 0.264 e.